The van der Waals surface area contributed by atoms with E-state index in [0.717, 1.165) is 72.4 Å². The van der Waals surface area contributed by atoms with Gasteiger partial charge in [0, 0.05) is 45.2 Å². The summed E-state index contributed by atoms with van der Waals surface area (Å²) in [7, 11) is 0. The van der Waals surface area contributed by atoms with E-state index in [2.05, 4.69) is 268 Å². The molecule has 664 valence electrons. The Morgan fingerprint density at radius 3 is 1.14 bits per heavy atom. The van der Waals surface area contributed by atoms with Crippen molar-refractivity contribution >= 4 is 75.7 Å². The van der Waals surface area contributed by atoms with Crippen LogP contribution >= 0.6 is 0 Å². The van der Waals surface area contributed by atoms with Gasteiger partial charge in [0.15, 0.2) is 0 Å². The number of nitrogens with zero attached hydrogens (tertiary/aromatic N) is 1. The monoisotopic (exact) mass is 1710 g/mol. The van der Waals surface area contributed by atoms with Crippen molar-refractivity contribution in [2.75, 3.05) is 13.2 Å². The highest BCUT2D eigenvalue weighted by Gasteiger charge is 2.21. The fourth-order valence-electron chi connectivity index (χ4n) is 19.8. The van der Waals surface area contributed by atoms with E-state index < -0.39 is 6.08 Å². The molecule has 0 amide bonds. The van der Waals surface area contributed by atoms with Gasteiger partial charge in [-0.15, -0.1) is 19.7 Å². The highest BCUT2D eigenvalue weighted by molar-refractivity contribution is 6.12. The molecule has 15 aromatic rings. The normalized spacial score (nSPS) is 12.1. The second-order valence-electron chi connectivity index (χ2n) is 37.2. The molecule has 0 unspecified atom stereocenters. The average molecular weight is 1710 g/mol. The molecule has 0 radical (unpaired) electrons. The third-order valence-corrected chi connectivity index (χ3v) is 27.4. The Labute approximate surface area is 769 Å². The van der Waals surface area contributed by atoms with Crippen LogP contribution in [-0.4, -0.2) is 17.8 Å². The van der Waals surface area contributed by atoms with E-state index in [1.807, 2.05) is 56.3 Å². The molecule has 0 bridgehead atoms. The van der Waals surface area contributed by atoms with Crippen LogP contribution in [0.5, 0.6) is 11.5 Å². The number of allylic oxidation sites excluding steroid dienone is 3. The highest BCUT2D eigenvalue weighted by atomic mass is 19.3. The molecule has 0 saturated carbocycles. The molecule has 0 aliphatic heterocycles. The van der Waals surface area contributed by atoms with Crippen LogP contribution in [0.2, 0.25) is 0 Å². The molecule has 1 heterocycles. The van der Waals surface area contributed by atoms with Gasteiger partial charge in [-0.25, -0.2) is 0 Å². The van der Waals surface area contributed by atoms with Crippen LogP contribution in [0.4, 0.5) is 8.78 Å². The molecule has 0 fully saturated rings. The number of hydrogen-bond acceptors (Lipinski definition) is 2. The second-order valence-corrected chi connectivity index (χ2v) is 37.2. The number of ether oxygens (including phenoxy) is 2. The molecule has 0 spiro atoms. The molecule has 1 aromatic heterocycles. The quantitative estimate of drug-likeness (QED) is 0.0174. The number of aryl methyl sites for hydroxylation is 23. The average Bonchev–Trinajstić information content (AvgIpc) is 1.66. The minimum absolute atomic E-state index is 0.169. The molecule has 5 heteroatoms. The summed E-state index contributed by atoms with van der Waals surface area (Å²) in [5, 5.41) is 15.8. The Balaban J connectivity index is 0.000000132. The third-order valence-electron chi connectivity index (χ3n) is 27.4. The van der Waals surface area contributed by atoms with Crippen LogP contribution in [0.15, 0.2) is 269 Å². The minimum atomic E-state index is -1.75. The number of unbranched alkanes of at least 4 members (excludes halogenated alkanes) is 10. The lowest BCUT2D eigenvalue weighted by Crippen LogP contribution is -2.08. The van der Waals surface area contributed by atoms with E-state index in [9.17, 15) is 8.78 Å². The Bertz CT molecular complexity index is 6340. The number of halogens is 2. The first kappa shape index (κ1) is 93.5. The summed E-state index contributed by atoms with van der Waals surface area (Å²) in [6.45, 7) is 38.3. The Morgan fingerprint density at radius 2 is 0.690 bits per heavy atom. The van der Waals surface area contributed by atoms with Crippen molar-refractivity contribution < 1.29 is 18.3 Å². The lowest BCUT2D eigenvalue weighted by Gasteiger charge is -2.20. The predicted molar refractivity (Wildman–Crippen MR) is 554 cm³/mol. The van der Waals surface area contributed by atoms with E-state index in [-0.39, 0.29) is 6.61 Å². The zero-order valence-electron chi connectivity index (χ0n) is 79.1. The lowest BCUT2D eigenvalue weighted by molar-refractivity contribution is 0.347. The fourth-order valence-corrected chi connectivity index (χ4v) is 19.8. The van der Waals surface area contributed by atoms with E-state index >= 15 is 0 Å². The molecule has 3 nitrogen and oxygen atoms in total. The lowest BCUT2D eigenvalue weighted by atomic mass is 9.85. The first-order valence-electron chi connectivity index (χ1n) is 48.3. The minimum Gasteiger partial charge on any atom is -0.489 e. The summed E-state index contributed by atoms with van der Waals surface area (Å²) >= 11 is 0. The van der Waals surface area contributed by atoms with Gasteiger partial charge in [-0.2, -0.15) is 8.78 Å². The summed E-state index contributed by atoms with van der Waals surface area (Å²) in [4.78, 5) is 0. The van der Waals surface area contributed by atoms with E-state index in [1.165, 1.54) is 273 Å². The number of rotatable bonds is 34. The smallest absolute Gasteiger partial charge is 0.269 e. The van der Waals surface area contributed by atoms with Crippen molar-refractivity contribution in [1.82, 2.24) is 4.57 Å². The molecule has 0 N–H and O–H groups in total. The van der Waals surface area contributed by atoms with Gasteiger partial charge in [0.25, 0.3) is 6.08 Å². The summed E-state index contributed by atoms with van der Waals surface area (Å²) < 4.78 is 38.0. The van der Waals surface area contributed by atoms with Gasteiger partial charge in [0.1, 0.15) is 24.7 Å². The van der Waals surface area contributed by atoms with Crippen molar-refractivity contribution in [1.29, 1.82) is 0 Å². The largest absolute Gasteiger partial charge is 0.489 e. The predicted octanol–water partition coefficient (Wildman–Crippen LogP) is 34.1. The first-order chi connectivity index (χ1) is 62.7. The fraction of sp³-hybridized carbons (Fsp3) is 0.323. The van der Waals surface area contributed by atoms with Gasteiger partial charge in [-0.3, -0.25) is 0 Å². The van der Waals surface area contributed by atoms with Crippen LogP contribution in [0.25, 0.3) is 86.8 Å². The molecule has 18 rings (SSSR count). The Kier molecular flexibility index (Phi) is 32.7. The zero-order valence-corrected chi connectivity index (χ0v) is 79.1. The van der Waals surface area contributed by atoms with E-state index in [4.69, 9.17) is 9.47 Å². The molecule has 14 aromatic carbocycles. The number of hydrogen-bond donors (Lipinski definition) is 0. The molecule has 3 aliphatic rings. The molecule has 0 saturated heterocycles. The van der Waals surface area contributed by atoms with Crippen molar-refractivity contribution in [3.05, 3.63) is 391 Å². The van der Waals surface area contributed by atoms with Gasteiger partial charge < -0.3 is 14.0 Å². The van der Waals surface area contributed by atoms with Crippen molar-refractivity contribution in [2.24, 2.45) is 0 Å². The maximum atomic E-state index is 12.2. The number of benzene rings is 14. The zero-order chi connectivity index (χ0) is 90.5. The molecular weight excluding hydrogens is 1570 g/mol. The van der Waals surface area contributed by atoms with Gasteiger partial charge in [0.2, 0.25) is 0 Å². The van der Waals surface area contributed by atoms with Crippen LogP contribution in [0.3, 0.4) is 0 Å². The summed E-state index contributed by atoms with van der Waals surface area (Å²) in [5.41, 5.74) is 37.3. The maximum absolute atomic E-state index is 12.2. The molecular formula is C124H137F2NO2. The third kappa shape index (κ3) is 23.5. The SMILES string of the molecule is C=CCCCCc1c(CCCCC=C)c2cc(C)ccc2c2ccc(C)cc12.C=CCCCCn1c2ccc(C)cc2c2cc(C)ccc21.C=CCOc1cc(C)cc2c(OCC=C(F)F)cc(C)cc12.Cc1c2ccccc2c(C)c2cc(-c3ccc4c(c3)CC4)ccc12.Cc1cc(CCCCCc2ccc3c(c2)CC3)c(C)cc1CCCCCc1ccc2c(c1)CC2. The van der Waals surface area contributed by atoms with E-state index in [0.29, 0.717) is 12.4 Å². The molecule has 129 heavy (non-hydrogen) atoms. The summed E-state index contributed by atoms with van der Waals surface area (Å²) in [6, 6.07) is 77.3. The second kappa shape index (κ2) is 45.1. The number of aromatic nitrogens is 1. The van der Waals surface area contributed by atoms with Crippen LogP contribution in [-0.2, 0) is 83.6 Å². The van der Waals surface area contributed by atoms with Gasteiger partial charge >= 0.3 is 0 Å². The summed E-state index contributed by atoms with van der Waals surface area (Å²) in [6.07, 6.45) is 40.3. The van der Waals surface area contributed by atoms with Gasteiger partial charge in [-0.05, 0) is 439 Å². The Morgan fingerprint density at radius 1 is 0.302 bits per heavy atom. The van der Waals surface area contributed by atoms with Crippen molar-refractivity contribution in [2.45, 2.75) is 249 Å². The standard InChI is InChI=1S/C34H42.C28H34.C24H20.C20H23N.C18H18F2O2/c1-25-21-32(12-8-4-6-10-28-14-16-30-18-20-34(30)24-28)26(2)22-31(25)11-7-3-5-9-27-13-15-29-17-19-33(29)23-27;1-5-7-9-11-13-23-24(14-12-10-8-6-2)28-20-22(4)16-18-26(28)25-17-15-21(3)19-27(23)25;1-15-21-5-3-4-6-22(21)16(2)24-14-20(11-12-23(15)24)19-10-8-17-7-9-18(17)13-19;1-4-5-6-7-12-21-19-10-8-15(2)13-17(19)18-14-16(3)9-11-20(18)21;1-4-6-21-16-10-12(2)9-15-14(16)8-13(3)11-17(15)22-7-5-18(19)20/h13-16,21-24H,3-12,17-20H2,1-2H3;5-6,15-20H,1-2,7-14H2,3-4H3;3-6,8,10-14H,7,9H2,1-2H3;4,8-11,13-14H,1,5-7,12H2,2-3H3;4-5,8-11H,1,6-7H2,2-3H3. The molecule has 0 atom stereocenters. The molecule has 3 aliphatic carbocycles. The van der Waals surface area contributed by atoms with Gasteiger partial charge in [0.05, 0.1) is 0 Å². The topological polar surface area (TPSA) is 23.4 Å². The van der Waals surface area contributed by atoms with Crippen LogP contribution in [0, 0.1) is 69.2 Å². The van der Waals surface area contributed by atoms with Crippen molar-refractivity contribution in [3.63, 3.8) is 0 Å². The maximum Gasteiger partial charge on any atom is 0.269 e. The number of fused-ring (bicyclic) bond motifs is 12. The van der Waals surface area contributed by atoms with Crippen LogP contribution in [0.1, 0.15) is 219 Å². The Hall–Kier alpha value is -11.7. The highest BCUT2D eigenvalue weighted by Crippen LogP contribution is 2.41. The summed E-state index contributed by atoms with van der Waals surface area (Å²) in [5.74, 6) is 1.30. The van der Waals surface area contributed by atoms with Crippen molar-refractivity contribution in [3.8, 4) is 22.6 Å². The van der Waals surface area contributed by atoms with E-state index in [1.54, 1.807) is 61.7 Å². The van der Waals surface area contributed by atoms with Crippen LogP contribution < -0.4 is 9.47 Å². The first-order valence-corrected chi connectivity index (χ1v) is 48.3. The van der Waals surface area contributed by atoms with Gasteiger partial charge in [-0.1, -0.05) is 218 Å².